The second-order valence-electron chi connectivity index (χ2n) is 6.82. The number of aromatic amines is 1. The molecule has 1 aromatic heterocycles. The number of ether oxygens (including phenoxy) is 1. The molecule has 0 bridgehead atoms. The van der Waals surface area contributed by atoms with Crippen molar-refractivity contribution in [2.24, 2.45) is 0 Å². The molecule has 5 atom stereocenters. The number of aliphatic hydroxyl groups is 2. The van der Waals surface area contributed by atoms with Crippen molar-refractivity contribution in [2.75, 3.05) is 6.56 Å². The van der Waals surface area contributed by atoms with Crippen molar-refractivity contribution >= 4 is 19.4 Å². The highest BCUT2D eigenvalue weighted by Crippen LogP contribution is 2.56. The van der Waals surface area contributed by atoms with Gasteiger partial charge in [0.25, 0.3) is 11.4 Å². The molecule has 31 heavy (non-hydrogen) atoms. The Kier molecular flexibility index (Phi) is 4.95. The van der Waals surface area contributed by atoms with E-state index < -0.39 is 49.9 Å². The standard InChI is InChI=1S/C17H17ClFN2O9P/c1-8-5-21(16(25)20-14(8)24)15-12(22)13(23)17(19,29-15)7-28-31(26)27-6-9-4-10(18)2-3-11(9)30-31/h2-5,12-13,15,22-23H,6-7H2,1H3,(H,20,24,25)/t12-,13+,15-,17-,31?/m1/s1/i7D2. The number of H-pyrrole nitrogens is 1. The highest BCUT2D eigenvalue weighted by Gasteiger charge is 2.57. The topological polar surface area (TPSA) is 149 Å². The van der Waals surface area contributed by atoms with Crippen LogP contribution >= 0.6 is 19.4 Å². The van der Waals surface area contributed by atoms with Crippen molar-refractivity contribution in [3.05, 3.63) is 61.4 Å². The molecule has 3 N–H and O–H groups in total. The van der Waals surface area contributed by atoms with Crippen LogP contribution in [0.15, 0.2) is 34.0 Å². The average Bonchev–Trinajstić information content (AvgIpc) is 2.96. The molecule has 1 aromatic carbocycles. The highest BCUT2D eigenvalue weighted by atomic mass is 35.5. The van der Waals surface area contributed by atoms with Crippen LogP contribution in [0.5, 0.6) is 5.75 Å². The van der Waals surface area contributed by atoms with Gasteiger partial charge in [0.2, 0.25) is 0 Å². The van der Waals surface area contributed by atoms with Gasteiger partial charge in [-0.2, -0.15) is 0 Å². The van der Waals surface area contributed by atoms with E-state index in [2.05, 4.69) is 0 Å². The van der Waals surface area contributed by atoms with Crippen LogP contribution in [0.4, 0.5) is 4.39 Å². The highest BCUT2D eigenvalue weighted by molar-refractivity contribution is 7.49. The van der Waals surface area contributed by atoms with Gasteiger partial charge in [-0.25, -0.2) is 13.8 Å². The first-order valence-corrected chi connectivity index (χ1v) is 10.6. The molecule has 1 unspecified atom stereocenters. The summed E-state index contributed by atoms with van der Waals surface area (Å²) in [6, 6.07) is 4.17. The first-order chi connectivity index (χ1) is 15.3. The Balaban J connectivity index is 1.63. The number of phosphoric ester groups is 1. The molecule has 4 rings (SSSR count). The van der Waals surface area contributed by atoms with Gasteiger partial charge >= 0.3 is 13.5 Å². The lowest BCUT2D eigenvalue weighted by molar-refractivity contribution is -0.205. The summed E-state index contributed by atoms with van der Waals surface area (Å²) >= 11 is 5.85. The van der Waals surface area contributed by atoms with E-state index in [4.69, 9.17) is 32.7 Å². The van der Waals surface area contributed by atoms with Gasteiger partial charge in [-0.1, -0.05) is 11.6 Å². The van der Waals surface area contributed by atoms with Crippen molar-refractivity contribution in [2.45, 2.75) is 37.8 Å². The van der Waals surface area contributed by atoms with E-state index in [9.17, 15) is 24.4 Å². The summed E-state index contributed by atoms with van der Waals surface area (Å²) < 4.78 is 64.7. The fraction of sp³-hybridized carbons (Fsp3) is 0.412. The van der Waals surface area contributed by atoms with Crippen LogP contribution in [0.1, 0.15) is 20.1 Å². The van der Waals surface area contributed by atoms with E-state index in [1.807, 2.05) is 4.98 Å². The van der Waals surface area contributed by atoms with E-state index in [0.29, 0.717) is 15.2 Å². The number of fused-ring (bicyclic) bond motifs is 1. The Morgan fingerprint density at radius 3 is 2.97 bits per heavy atom. The van der Waals surface area contributed by atoms with Gasteiger partial charge in [0.1, 0.15) is 24.5 Å². The molecule has 3 heterocycles. The minimum absolute atomic E-state index is 0.0114. The first kappa shape index (κ1) is 19.6. The van der Waals surface area contributed by atoms with E-state index >= 15 is 4.39 Å². The molecule has 0 radical (unpaired) electrons. The first-order valence-electron chi connectivity index (χ1n) is 9.75. The SMILES string of the molecule is [2H]C([2H])(OP1(=O)OCc2cc(Cl)ccc2O1)[C@@]1(F)O[C@@H](n2cc(C)c(=O)[nH]c2=O)[C@H](O)[C@@H]1O. The molecule has 0 spiro atoms. The number of rotatable bonds is 4. The second kappa shape index (κ2) is 7.82. The zero-order valence-electron chi connectivity index (χ0n) is 17.7. The minimum atomic E-state index is -4.79. The van der Waals surface area contributed by atoms with Crippen LogP contribution in [-0.4, -0.2) is 44.4 Å². The Bertz CT molecular complexity index is 1270. The third-order valence-electron chi connectivity index (χ3n) is 4.62. The Hall–Kier alpha value is -2.05. The summed E-state index contributed by atoms with van der Waals surface area (Å²) in [4.78, 5) is 25.6. The van der Waals surface area contributed by atoms with Crippen LogP contribution in [-0.2, 0) is 25.0 Å². The fourth-order valence-electron chi connectivity index (χ4n) is 2.98. The van der Waals surface area contributed by atoms with Crippen molar-refractivity contribution < 1.29 is 40.2 Å². The number of phosphoric acid groups is 1. The smallest absolute Gasteiger partial charge is 0.404 e. The molecule has 1 saturated heterocycles. The lowest BCUT2D eigenvalue weighted by Crippen LogP contribution is -2.43. The van der Waals surface area contributed by atoms with Crippen LogP contribution in [0.25, 0.3) is 0 Å². The molecule has 2 aliphatic heterocycles. The summed E-state index contributed by atoms with van der Waals surface area (Å²) in [6.45, 7) is -2.78. The van der Waals surface area contributed by atoms with Gasteiger partial charge in [-0.05, 0) is 25.1 Å². The molecule has 11 nitrogen and oxygen atoms in total. The number of nitrogens with one attached hydrogen (secondary N) is 1. The van der Waals surface area contributed by atoms with E-state index in [1.165, 1.54) is 25.1 Å². The summed E-state index contributed by atoms with van der Waals surface area (Å²) in [7, 11) is -4.79. The number of nitrogens with zero attached hydrogens (tertiary/aromatic N) is 1. The van der Waals surface area contributed by atoms with Gasteiger partial charge < -0.3 is 19.5 Å². The van der Waals surface area contributed by atoms with Crippen molar-refractivity contribution in [1.29, 1.82) is 0 Å². The molecular weight excluding hydrogens is 462 g/mol. The number of halogens is 2. The number of alkyl halides is 1. The minimum Gasteiger partial charge on any atom is -0.404 e. The van der Waals surface area contributed by atoms with Crippen LogP contribution in [0.3, 0.4) is 0 Å². The maximum absolute atomic E-state index is 15.7. The molecule has 2 aromatic rings. The third kappa shape index (κ3) is 4.08. The molecular formula is C17H17ClFN2O9P. The zero-order valence-corrected chi connectivity index (χ0v) is 17.3. The summed E-state index contributed by atoms with van der Waals surface area (Å²) in [5.74, 6) is -3.86. The van der Waals surface area contributed by atoms with Crippen LogP contribution in [0, 0.1) is 6.92 Å². The summed E-state index contributed by atoms with van der Waals surface area (Å²) in [6.07, 6.45) is -5.84. The molecule has 168 valence electrons. The molecule has 0 aliphatic carbocycles. The number of aliphatic hydroxyl groups excluding tert-OH is 2. The zero-order chi connectivity index (χ0) is 24.3. The Morgan fingerprint density at radius 2 is 2.23 bits per heavy atom. The van der Waals surface area contributed by atoms with Crippen LogP contribution in [0.2, 0.25) is 5.02 Å². The maximum atomic E-state index is 15.7. The normalized spacial score (nSPS) is 33.9. The molecule has 0 amide bonds. The van der Waals surface area contributed by atoms with E-state index in [1.54, 1.807) is 0 Å². The summed E-state index contributed by atoms with van der Waals surface area (Å²) in [5.41, 5.74) is -1.51. The van der Waals surface area contributed by atoms with Crippen molar-refractivity contribution in [3.8, 4) is 5.75 Å². The predicted octanol–water partition coefficient (Wildman–Crippen LogP) is 1.15. The lowest BCUT2D eigenvalue weighted by Gasteiger charge is -2.28. The van der Waals surface area contributed by atoms with Gasteiger partial charge in [0.15, 0.2) is 6.23 Å². The number of hydrogen-bond acceptors (Lipinski definition) is 9. The lowest BCUT2D eigenvalue weighted by atomic mass is 10.1. The third-order valence-corrected chi connectivity index (χ3v) is 6.03. The maximum Gasteiger partial charge on any atom is 0.530 e. The van der Waals surface area contributed by atoms with Crippen molar-refractivity contribution in [3.63, 3.8) is 0 Å². The predicted molar refractivity (Wildman–Crippen MR) is 102 cm³/mol. The monoisotopic (exact) mass is 480 g/mol. The molecule has 1 fully saturated rings. The number of benzene rings is 1. The second-order valence-corrected chi connectivity index (χ2v) is 8.78. The number of aromatic nitrogens is 2. The largest absolute Gasteiger partial charge is 0.530 e. The van der Waals surface area contributed by atoms with Gasteiger partial charge in [-0.15, -0.1) is 0 Å². The number of aryl methyl sites for hydroxylation is 1. The summed E-state index contributed by atoms with van der Waals surface area (Å²) in [5, 5.41) is 20.9. The number of hydrogen-bond donors (Lipinski definition) is 3. The Morgan fingerprint density at radius 1 is 1.48 bits per heavy atom. The fourth-order valence-corrected chi connectivity index (χ4v) is 4.27. The van der Waals surface area contributed by atoms with Gasteiger partial charge in [0, 0.05) is 22.3 Å². The van der Waals surface area contributed by atoms with Gasteiger partial charge in [0.05, 0.1) is 9.35 Å². The van der Waals surface area contributed by atoms with Crippen molar-refractivity contribution in [1.82, 2.24) is 9.55 Å². The molecule has 14 heteroatoms. The van der Waals surface area contributed by atoms with Crippen LogP contribution < -0.4 is 15.8 Å². The average molecular weight is 481 g/mol. The van der Waals surface area contributed by atoms with E-state index in [0.717, 1.165) is 6.20 Å². The molecule has 0 saturated carbocycles. The van der Waals surface area contributed by atoms with Gasteiger partial charge in [-0.3, -0.25) is 23.4 Å². The molecule has 2 aliphatic rings. The quantitative estimate of drug-likeness (QED) is 0.547. The Labute approximate surface area is 181 Å². The van der Waals surface area contributed by atoms with E-state index in [-0.39, 0.29) is 17.9 Å².